The third-order valence-corrected chi connectivity index (χ3v) is 3.11. The van der Waals surface area contributed by atoms with E-state index in [1.54, 1.807) is 24.3 Å². The van der Waals surface area contributed by atoms with Crippen LogP contribution < -0.4 is 5.73 Å². The fourth-order valence-corrected chi connectivity index (χ4v) is 2.04. The summed E-state index contributed by atoms with van der Waals surface area (Å²) in [6.07, 6.45) is 2.86. The number of amides is 1. The summed E-state index contributed by atoms with van der Waals surface area (Å²) in [6, 6.07) is 12.4. The number of rotatable bonds is 6. The Balaban J connectivity index is 2.03. The summed E-state index contributed by atoms with van der Waals surface area (Å²) in [6.45, 7) is -0.558. The second kappa shape index (κ2) is 7.21. The van der Waals surface area contributed by atoms with Gasteiger partial charge in [-0.25, -0.2) is 4.79 Å². The molecule has 25 heavy (non-hydrogen) atoms. The molecule has 2 N–H and O–H groups in total. The van der Waals surface area contributed by atoms with Gasteiger partial charge in [-0.05, 0) is 22.6 Å². The van der Waals surface area contributed by atoms with Crippen molar-refractivity contribution in [2.45, 2.75) is 0 Å². The number of primary amides is 1. The lowest BCUT2D eigenvalue weighted by molar-refractivity contribution is -0.142. The van der Waals surface area contributed by atoms with Crippen molar-refractivity contribution in [1.29, 1.82) is 0 Å². The Bertz CT molecular complexity index is 900. The van der Waals surface area contributed by atoms with E-state index in [9.17, 15) is 9.59 Å². The van der Waals surface area contributed by atoms with E-state index in [0.29, 0.717) is 17.1 Å². The minimum absolute atomic E-state index is 0.0277. The van der Waals surface area contributed by atoms with Crippen molar-refractivity contribution in [3.63, 3.8) is 0 Å². The van der Waals surface area contributed by atoms with Gasteiger partial charge >= 0.3 is 5.97 Å². The lowest BCUT2D eigenvalue weighted by Crippen LogP contribution is -2.23. The number of nitrogens with zero attached hydrogens (tertiary/aromatic N) is 4. The van der Waals surface area contributed by atoms with Gasteiger partial charge in [0.2, 0.25) is 0 Å². The third-order valence-electron chi connectivity index (χ3n) is 3.11. The fourth-order valence-electron chi connectivity index (χ4n) is 2.04. The lowest BCUT2D eigenvalue weighted by atomic mass is 10.2. The van der Waals surface area contributed by atoms with Gasteiger partial charge in [-0.2, -0.15) is 4.68 Å². The van der Waals surface area contributed by atoms with Gasteiger partial charge in [-0.15, -0.1) is 5.10 Å². The van der Waals surface area contributed by atoms with Gasteiger partial charge in [0.05, 0.1) is 6.26 Å². The van der Waals surface area contributed by atoms with Crippen LogP contribution in [0.4, 0.5) is 0 Å². The predicted molar refractivity (Wildman–Crippen MR) is 86.3 cm³/mol. The molecule has 0 unspecified atom stereocenters. The fraction of sp³-hybridized carbons (Fsp3) is 0.0625. The van der Waals surface area contributed by atoms with Crippen LogP contribution in [-0.4, -0.2) is 38.7 Å². The molecule has 0 aliphatic carbocycles. The molecule has 3 aromatic rings. The molecule has 0 atom stereocenters. The van der Waals surface area contributed by atoms with Crippen LogP contribution in [0.25, 0.3) is 23.2 Å². The zero-order valence-electron chi connectivity index (χ0n) is 12.9. The van der Waals surface area contributed by atoms with Gasteiger partial charge in [-0.1, -0.05) is 30.3 Å². The molecule has 126 valence electrons. The van der Waals surface area contributed by atoms with Crippen molar-refractivity contribution < 1.29 is 18.7 Å². The number of hydrogen-bond donors (Lipinski definition) is 1. The van der Waals surface area contributed by atoms with Crippen molar-refractivity contribution in [2.24, 2.45) is 5.73 Å². The van der Waals surface area contributed by atoms with Crippen LogP contribution in [0.2, 0.25) is 0 Å². The Labute approximate surface area is 141 Å². The number of aromatic nitrogens is 4. The van der Waals surface area contributed by atoms with E-state index < -0.39 is 18.5 Å². The highest BCUT2D eigenvalue weighted by Gasteiger charge is 2.21. The molecule has 0 fully saturated rings. The molecule has 0 aliphatic heterocycles. The summed E-state index contributed by atoms with van der Waals surface area (Å²) in [7, 11) is 0. The number of furan rings is 1. The van der Waals surface area contributed by atoms with E-state index in [4.69, 9.17) is 14.9 Å². The van der Waals surface area contributed by atoms with Crippen molar-refractivity contribution in [3.05, 3.63) is 54.5 Å². The number of hydrogen-bond acceptors (Lipinski definition) is 7. The van der Waals surface area contributed by atoms with Crippen molar-refractivity contribution >= 4 is 23.6 Å². The number of ether oxygens (including phenoxy) is 1. The minimum Gasteiger partial charge on any atom is -0.465 e. The van der Waals surface area contributed by atoms with E-state index in [1.165, 1.54) is 17.0 Å². The summed E-state index contributed by atoms with van der Waals surface area (Å²) in [5.74, 6) is -0.875. The molecule has 0 bridgehead atoms. The summed E-state index contributed by atoms with van der Waals surface area (Å²) in [5.41, 5.74) is 5.68. The molecule has 0 spiro atoms. The number of benzene rings is 1. The van der Waals surface area contributed by atoms with Gasteiger partial charge in [-0.3, -0.25) is 4.79 Å². The molecule has 9 heteroatoms. The first-order chi connectivity index (χ1) is 12.1. The molecular weight excluding hydrogens is 326 g/mol. The summed E-state index contributed by atoms with van der Waals surface area (Å²) >= 11 is 0. The summed E-state index contributed by atoms with van der Waals surface area (Å²) in [5, 5.41) is 11.4. The monoisotopic (exact) mass is 339 g/mol. The maximum absolute atomic E-state index is 12.4. The highest BCUT2D eigenvalue weighted by atomic mass is 16.5. The maximum atomic E-state index is 12.4. The van der Waals surface area contributed by atoms with Gasteiger partial charge in [0.1, 0.15) is 5.76 Å². The Morgan fingerprint density at radius 2 is 2.00 bits per heavy atom. The predicted octanol–water partition coefficient (Wildman–Crippen LogP) is 0.960. The standard InChI is InChI=1S/C16H13N5O4/c17-14(22)10-25-16(23)13(9-12-7-4-8-24-12)21-15(18-19-20-21)11-5-2-1-3-6-11/h1-9H,10H2,(H2,17,22)/b13-9-. The molecule has 2 heterocycles. The second-order valence-electron chi connectivity index (χ2n) is 4.87. The molecule has 2 aromatic heterocycles. The van der Waals surface area contributed by atoms with Crippen molar-refractivity contribution in [3.8, 4) is 11.4 Å². The summed E-state index contributed by atoms with van der Waals surface area (Å²) < 4.78 is 11.3. The zero-order valence-corrected chi connectivity index (χ0v) is 12.9. The third kappa shape index (κ3) is 3.78. The zero-order chi connectivity index (χ0) is 17.6. The number of nitrogens with two attached hydrogens (primary N) is 1. The first-order valence-electron chi connectivity index (χ1n) is 7.20. The number of carbonyl (C=O) groups is 2. The molecule has 9 nitrogen and oxygen atoms in total. The van der Waals surface area contributed by atoms with E-state index >= 15 is 0 Å². The van der Waals surface area contributed by atoms with E-state index in [1.807, 2.05) is 18.2 Å². The first-order valence-corrected chi connectivity index (χ1v) is 7.20. The Morgan fingerprint density at radius 1 is 1.20 bits per heavy atom. The van der Waals surface area contributed by atoms with Gasteiger partial charge in [0.25, 0.3) is 5.91 Å². The molecule has 0 radical (unpaired) electrons. The quantitative estimate of drug-likeness (QED) is 0.523. The Morgan fingerprint density at radius 3 is 2.68 bits per heavy atom. The van der Waals surface area contributed by atoms with E-state index in [-0.39, 0.29) is 5.70 Å². The average Bonchev–Trinajstić information content (AvgIpc) is 3.29. The smallest absolute Gasteiger partial charge is 0.357 e. The van der Waals surface area contributed by atoms with Crippen LogP contribution in [0, 0.1) is 0 Å². The largest absolute Gasteiger partial charge is 0.465 e. The van der Waals surface area contributed by atoms with Gasteiger partial charge in [0.15, 0.2) is 18.1 Å². The lowest BCUT2D eigenvalue weighted by Gasteiger charge is -2.08. The first kappa shape index (κ1) is 16.1. The SMILES string of the molecule is NC(=O)COC(=O)/C(=C/c1ccco1)n1nnnc1-c1ccccc1. The minimum atomic E-state index is -0.820. The van der Waals surface area contributed by atoms with Crippen LogP contribution in [0.3, 0.4) is 0 Å². The van der Waals surface area contributed by atoms with Crippen LogP contribution >= 0.6 is 0 Å². The summed E-state index contributed by atoms with van der Waals surface area (Å²) in [4.78, 5) is 23.3. The van der Waals surface area contributed by atoms with Crippen LogP contribution in [0.15, 0.2) is 53.1 Å². The molecule has 0 saturated carbocycles. The van der Waals surface area contributed by atoms with E-state index in [2.05, 4.69) is 15.5 Å². The van der Waals surface area contributed by atoms with Crippen LogP contribution in [-0.2, 0) is 14.3 Å². The number of tetrazole rings is 1. The Hall–Kier alpha value is -3.75. The van der Waals surface area contributed by atoms with Gasteiger partial charge in [0, 0.05) is 11.6 Å². The molecule has 1 amide bonds. The number of carbonyl (C=O) groups excluding carboxylic acids is 2. The molecule has 0 saturated heterocycles. The average molecular weight is 339 g/mol. The number of esters is 1. The molecular formula is C16H13N5O4. The molecule has 3 rings (SSSR count). The maximum Gasteiger partial charge on any atom is 0.357 e. The van der Waals surface area contributed by atoms with Gasteiger partial charge < -0.3 is 14.9 Å². The Kier molecular flexibility index (Phi) is 4.65. The van der Waals surface area contributed by atoms with Crippen molar-refractivity contribution in [2.75, 3.05) is 6.61 Å². The van der Waals surface area contributed by atoms with Crippen LogP contribution in [0.5, 0.6) is 0 Å². The molecule has 1 aromatic carbocycles. The van der Waals surface area contributed by atoms with Crippen LogP contribution in [0.1, 0.15) is 5.76 Å². The van der Waals surface area contributed by atoms with Crippen molar-refractivity contribution in [1.82, 2.24) is 20.2 Å². The second-order valence-corrected chi connectivity index (χ2v) is 4.87. The normalized spacial score (nSPS) is 11.3. The molecule has 0 aliphatic rings. The van der Waals surface area contributed by atoms with E-state index in [0.717, 1.165) is 0 Å². The highest BCUT2D eigenvalue weighted by Crippen LogP contribution is 2.21. The topological polar surface area (TPSA) is 126 Å². The highest BCUT2D eigenvalue weighted by molar-refractivity contribution is 6.15.